The number of H-pyrrole nitrogens is 3. The van der Waals surface area contributed by atoms with Crippen LogP contribution in [-0.4, -0.2) is 249 Å². The molecule has 14 atom stereocenters. The van der Waals surface area contributed by atoms with Gasteiger partial charge < -0.3 is 127 Å². The Morgan fingerprint density at radius 2 is 1.20 bits per heavy atom. The molecule has 2 aliphatic rings. The first-order valence-electron chi connectivity index (χ1n) is 39.2. The molecule has 0 radical (unpaired) electrons. The number of nitrogens with zero attached hydrogens (tertiary/aromatic N) is 3. The summed E-state index contributed by atoms with van der Waals surface area (Å²) >= 11 is 0. The number of carbonyl (C=O) groups excluding carboxylic acids is 16. The van der Waals surface area contributed by atoms with Gasteiger partial charge in [-0.1, -0.05) is 84.3 Å². The lowest BCUT2D eigenvalue weighted by atomic mass is 10.0. The van der Waals surface area contributed by atoms with Crippen LogP contribution in [0.5, 0.6) is 11.5 Å². The molecule has 2 aliphatic heterocycles. The van der Waals surface area contributed by atoms with Gasteiger partial charge in [0.25, 0.3) is 17.7 Å². The van der Waals surface area contributed by atoms with Crippen LogP contribution in [0.1, 0.15) is 106 Å². The number of primary amides is 1. The number of para-hydroxylation sites is 1. The number of phenolic OH excluding ortho intramolecular Hbond substituents is 2. The molecule has 2 unspecified atom stereocenters. The van der Waals surface area contributed by atoms with Gasteiger partial charge in [-0.3, -0.25) is 73.5 Å². The zero-order valence-electron chi connectivity index (χ0n) is 67.1. The van der Waals surface area contributed by atoms with Crippen LogP contribution in [0.3, 0.4) is 0 Å². The van der Waals surface area contributed by atoms with Crippen molar-refractivity contribution in [3.05, 3.63) is 132 Å². The zero-order valence-corrected chi connectivity index (χ0v) is 68.7. The van der Waals surface area contributed by atoms with E-state index in [1.165, 1.54) is 93.6 Å². The summed E-state index contributed by atoms with van der Waals surface area (Å²) in [6.45, 7) is 3.58. The van der Waals surface area contributed by atoms with Gasteiger partial charge in [-0.05, 0) is 112 Å². The number of hydrogen-bond donors (Lipinski definition) is 26. The van der Waals surface area contributed by atoms with Crippen molar-refractivity contribution in [3.8, 4) is 11.5 Å². The molecule has 8 rings (SSSR count). The molecule has 6 aromatic rings. The van der Waals surface area contributed by atoms with E-state index in [0.717, 1.165) is 11.8 Å². The average molecular weight is 1750 g/mol. The van der Waals surface area contributed by atoms with Crippen molar-refractivity contribution in [1.29, 1.82) is 0 Å². The summed E-state index contributed by atoms with van der Waals surface area (Å²) < 4.78 is 0. The number of carbonyl (C=O) groups is 16. The lowest BCUT2D eigenvalue weighted by Crippen LogP contribution is -2.62. The van der Waals surface area contributed by atoms with Crippen molar-refractivity contribution < 1.29 is 97.1 Å². The molecule has 45 nitrogen and oxygen atoms in total. The number of rotatable bonds is 34. The summed E-state index contributed by atoms with van der Waals surface area (Å²) in [6.07, 6.45) is 2.25. The van der Waals surface area contributed by atoms with Crippen LogP contribution in [0.2, 0.25) is 0 Å². The maximum atomic E-state index is 15.6. The molecule has 3 aromatic heterocycles. The molecular weight excluding hydrogens is 1650 g/mol. The lowest BCUT2D eigenvalue weighted by molar-refractivity contribution is -0.134. The third-order valence-electron chi connectivity index (χ3n) is 19.5. The number of imide groups is 3. The van der Waals surface area contributed by atoms with Crippen LogP contribution in [-0.2, 0) is 83.2 Å². The summed E-state index contributed by atoms with van der Waals surface area (Å²) in [5.74, 6) is -14.6. The predicted molar refractivity (Wildman–Crippen MR) is 442 cm³/mol. The number of unbranched alkanes of at least 4 members (excludes halogenated alkanes) is 2. The van der Waals surface area contributed by atoms with Gasteiger partial charge in [0.2, 0.25) is 53.2 Å². The number of urea groups is 4. The Balaban J connectivity index is 1.23. The van der Waals surface area contributed by atoms with E-state index in [-0.39, 0.29) is 101 Å². The summed E-state index contributed by atoms with van der Waals surface area (Å²) in [5, 5.41) is 75.5. The lowest BCUT2D eigenvalue weighted by Gasteiger charge is -2.30. The van der Waals surface area contributed by atoms with Crippen molar-refractivity contribution in [3.63, 3.8) is 0 Å². The van der Waals surface area contributed by atoms with E-state index in [1.807, 2.05) is 5.32 Å². The van der Waals surface area contributed by atoms with Crippen LogP contribution in [0.25, 0.3) is 10.9 Å². The van der Waals surface area contributed by atoms with E-state index in [1.54, 1.807) is 29.6 Å². The SMILES string of the molecule is CC(C)[C@H](NC(=O)[C@H]1NC(=O)C(Cc2ccc(O)cc2)NC(=O)[C@H](Cc2cnc[nH]2)NC(=O)NC(=O)[C@@H]2CCCN2C(=O)NC(=O)NC(=O)[C@@H]([C@@H](C)O)NC(=O)NC(O)[C@@H](NC(=O)[C@H](Cc2cnc[nH]2)NC(=O)[C@@H](NC(=O)[C@H](CCCCN)NC(=O)[C@@H](N)CCCCN)c2c[nH]c3ccccc23)SS1)C(=O)N[C@@H](Cc1ccc(O)cc1)C(=O)NCC(N)=O. The Bertz CT molecular complexity index is 4680. The highest BCUT2D eigenvalue weighted by Gasteiger charge is 2.42. The molecule has 0 spiro atoms. The molecular formula is C76H103N25O20S2. The van der Waals surface area contributed by atoms with E-state index in [4.69, 9.17) is 22.9 Å². The molecule has 0 aliphatic carbocycles. The number of phenols is 2. The molecule has 20 amide bonds. The number of benzene rings is 3. The number of aromatic nitrogens is 5. The number of aliphatic hydroxyl groups is 2. The van der Waals surface area contributed by atoms with E-state index in [0.29, 0.717) is 48.7 Å². The smallest absolute Gasteiger partial charge is 0.329 e. The van der Waals surface area contributed by atoms with Crippen molar-refractivity contribution in [2.24, 2.45) is 28.9 Å². The summed E-state index contributed by atoms with van der Waals surface area (Å²) in [6, 6.07) is -4.97. The standard InChI is InChI=1S/C76H103N25O20S2/c1-37(2)56(66(113)89-50(60(107)84-34-55(80)105)27-39-16-20-43(103)21-17-39)92-69(116)71-95-63(110)51(28-40-18-22-44(104)23-19-40)88-62(109)53(30-42-32-82-36-86-42)91-73(118)97-65(112)54-15-10-26-101(54)76(121)100-75(120)98-67(114)57(38(3)102)94-74(119)99-70(117)72(123-122-71)96-64(111)52(29-41-31-81-35-85-41)90-68(115)58(46-33-83-48-13-5-4-11-45(46)48)93-61(108)49(14-7-9-25-78)87-59(106)47(79)12-6-8-24-77/h4-5,11,13,16-23,31-33,35-38,47,49-54,56-58,70-72,83,102-104,117H,6-10,12,14-15,24-30,34,77-79H2,1-3H3,(H2,80,105)(H,81,85)(H,82,86)(H,84,107)(H,87,106)(H,88,109)(H,89,113)(H,90,115)(H,92,116)(H,93,108)(H,95,110)(H,96,111)(H2,94,99,119)(H2,91,97,112,118)(H2,98,100,114,120,121)/t38-,47+,49+,50+,51?,52+,53+,54+,56+,57-,58+,70?,71+,72+/m1/s1. The van der Waals surface area contributed by atoms with Crippen LogP contribution < -0.4 is 103 Å². The Hall–Kier alpha value is -13.0. The fourth-order valence-electron chi connectivity index (χ4n) is 12.9. The number of imidazole rings is 2. The van der Waals surface area contributed by atoms with Crippen LogP contribution >= 0.6 is 21.6 Å². The number of hydrogen-bond acceptors (Lipinski definition) is 27. The number of aromatic hydroxyl groups is 2. The highest BCUT2D eigenvalue weighted by atomic mass is 33.1. The number of amides is 20. The fraction of sp³-hybridized carbons (Fsp3) is 0.447. The molecule has 0 saturated carbocycles. The summed E-state index contributed by atoms with van der Waals surface area (Å²) in [5.41, 5.74) is 24.7. The minimum absolute atomic E-state index is 0.00689. The largest absolute Gasteiger partial charge is 0.508 e. The zero-order chi connectivity index (χ0) is 89.6. The first-order valence-corrected chi connectivity index (χ1v) is 41.5. The Labute approximate surface area is 710 Å². The van der Waals surface area contributed by atoms with Gasteiger partial charge >= 0.3 is 24.1 Å². The van der Waals surface area contributed by atoms with E-state index in [9.17, 15) is 78.0 Å². The van der Waals surface area contributed by atoms with Crippen LogP contribution in [0.15, 0.2) is 104 Å². The van der Waals surface area contributed by atoms with Gasteiger partial charge in [-0.15, -0.1) is 0 Å². The third-order valence-corrected chi connectivity index (χ3v) is 22.2. The minimum Gasteiger partial charge on any atom is -0.508 e. The monoisotopic (exact) mass is 1750 g/mol. The van der Waals surface area contributed by atoms with Crippen molar-refractivity contribution in [2.45, 2.75) is 181 Å². The molecule has 123 heavy (non-hydrogen) atoms. The Morgan fingerprint density at radius 3 is 1.84 bits per heavy atom. The average Bonchev–Trinajstić information content (AvgIpc) is 1.69. The number of nitrogens with one attached hydrogen (secondary N) is 18. The van der Waals surface area contributed by atoms with Gasteiger partial charge in [-0.2, -0.15) is 0 Å². The maximum Gasteiger partial charge on any atom is 0.329 e. The normalized spacial score (nSPS) is 20.2. The minimum atomic E-state index is -2.53. The second-order valence-corrected chi connectivity index (χ2v) is 31.8. The summed E-state index contributed by atoms with van der Waals surface area (Å²) in [4.78, 5) is 247. The summed E-state index contributed by atoms with van der Waals surface area (Å²) in [7, 11) is 0.534. The number of aromatic amines is 3. The first-order chi connectivity index (χ1) is 58.7. The number of aliphatic hydroxyl groups excluding tert-OH is 2. The van der Waals surface area contributed by atoms with Crippen LogP contribution in [0, 0.1) is 5.92 Å². The maximum absolute atomic E-state index is 15.6. The van der Waals surface area contributed by atoms with E-state index < -0.39 is 210 Å². The number of fused-ring (bicyclic) bond motifs is 2. The Morgan fingerprint density at radius 1 is 0.585 bits per heavy atom. The van der Waals surface area contributed by atoms with Gasteiger partial charge in [-0.25, -0.2) is 29.1 Å². The second kappa shape index (κ2) is 46.7. The van der Waals surface area contributed by atoms with Crippen molar-refractivity contribution in [1.82, 2.24) is 110 Å². The molecule has 47 heteroatoms. The fourth-order valence-corrected chi connectivity index (χ4v) is 15.4. The van der Waals surface area contributed by atoms with E-state index >= 15 is 19.2 Å². The molecule has 3 aromatic carbocycles. The quantitative estimate of drug-likeness (QED) is 0.0134. The number of nitrogens with two attached hydrogens (primary N) is 4. The van der Waals surface area contributed by atoms with Gasteiger partial charge in [0.1, 0.15) is 71.2 Å². The topological polar surface area (TPSA) is 715 Å². The van der Waals surface area contributed by atoms with Gasteiger partial charge in [0.05, 0.1) is 31.3 Å². The molecule has 5 heterocycles. The molecule has 2 fully saturated rings. The van der Waals surface area contributed by atoms with Crippen molar-refractivity contribution >= 4 is 128 Å². The van der Waals surface area contributed by atoms with Crippen LogP contribution in [0.4, 0.5) is 19.2 Å². The predicted octanol–water partition coefficient (Wildman–Crippen LogP) is -4.33. The van der Waals surface area contributed by atoms with Crippen molar-refractivity contribution in [2.75, 3.05) is 26.2 Å². The van der Waals surface area contributed by atoms with E-state index in [2.05, 4.69) is 94.0 Å². The first kappa shape index (κ1) is 95.5. The highest BCUT2D eigenvalue weighted by Crippen LogP contribution is 2.32. The third kappa shape index (κ3) is 29.1. The molecule has 2 saturated heterocycles. The second-order valence-electron chi connectivity index (χ2n) is 29.3. The Kier molecular flexibility index (Phi) is 36.3. The molecule has 30 N–H and O–H groups in total. The highest BCUT2D eigenvalue weighted by molar-refractivity contribution is 8.77. The molecule has 0 bridgehead atoms. The van der Waals surface area contributed by atoms with Gasteiger partial charge in [0, 0.05) is 78.7 Å². The molecule has 664 valence electrons. The van der Waals surface area contributed by atoms with Gasteiger partial charge in [0.15, 0.2) is 11.6 Å².